The van der Waals surface area contributed by atoms with Crippen molar-refractivity contribution in [2.45, 2.75) is 32.9 Å². The quantitative estimate of drug-likeness (QED) is 0.833. The molecule has 0 heterocycles. The number of hydrogen-bond donors (Lipinski definition) is 2. The van der Waals surface area contributed by atoms with Gasteiger partial charge in [0.15, 0.2) is 11.6 Å². The third-order valence-corrected chi connectivity index (χ3v) is 3.84. The van der Waals surface area contributed by atoms with E-state index in [1.807, 2.05) is 13.8 Å². The minimum atomic E-state index is -0.966. The number of hydrogen-bond acceptors (Lipinski definition) is 3. The van der Waals surface area contributed by atoms with Crippen LogP contribution in [0.3, 0.4) is 0 Å². The van der Waals surface area contributed by atoms with Crippen molar-refractivity contribution in [1.82, 2.24) is 10.2 Å². The van der Waals surface area contributed by atoms with Crippen LogP contribution in [-0.4, -0.2) is 36.3 Å². The molecule has 0 radical (unpaired) electrons. The van der Waals surface area contributed by atoms with Crippen LogP contribution in [0.15, 0.2) is 18.2 Å². The molecule has 7 heteroatoms. The van der Waals surface area contributed by atoms with Gasteiger partial charge in [-0.1, -0.05) is 19.9 Å². The van der Waals surface area contributed by atoms with Crippen LogP contribution in [0.5, 0.6) is 0 Å². The van der Waals surface area contributed by atoms with E-state index in [2.05, 4.69) is 5.32 Å². The van der Waals surface area contributed by atoms with Crippen LogP contribution in [0.2, 0.25) is 0 Å². The normalized spacial score (nSPS) is 13.6. The van der Waals surface area contributed by atoms with Crippen molar-refractivity contribution in [3.05, 3.63) is 35.4 Å². The Bertz CT molecular complexity index is 578. The summed E-state index contributed by atoms with van der Waals surface area (Å²) >= 11 is 0. The highest BCUT2D eigenvalue weighted by atomic mass is 19.2. The highest BCUT2D eigenvalue weighted by molar-refractivity contribution is 5.87. The third-order valence-electron chi connectivity index (χ3n) is 3.84. The summed E-state index contributed by atoms with van der Waals surface area (Å²) in [6.45, 7) is 5.10. The largest absolute Gasteiger partial charge is 0.346 e. The van der Waals surface area contributed by atoms with Gasteiger partial charge in [0.25, 0.3) is 0 Å². The van der Waals surface area contributed by atoms with Crippen molar-refractivity contribution in [3.8, 4) is 0 Å². The molecular formula is C16H23F2N3O2. The zero-order chi connectivity index (χ0) is 17.7. The molecule has 0 spiro atoms. The number of rotatable bonds is 6. The van der Waals surface area contributed by atoms with E-state index in [4.69, 9.17) is 5.73 Å². The van der Waals surface area contributed by atoms with Crippen LogP contribution in [0.1, 0.15) is 32.4 Å². The molecule has 2 atom stereocenters. The number of carbonyl (C=O) groups is 2. The summed E-state index contributed by atoms with van der Waals surface area (Å²) in [4.78, 5) is 25.2. The van der Waals surface area contributed by atoms with E-state index >= 15 is 0 Å². The minimum absolute atomic E-state index is 0.0380. The number of likely N-dealkylation sites (N-methyl/N-ethyl adjacent to an activating group) is 1. The summed E-state index contributed by atoms with van der Waals surface area (Å²) in [5, 5.41) is 2.48. The van der Waals surface area contributed by atoms with Crippen LogP contribution in [0.4, 0.5) is 8.78 Å². The fourth-order valence-electron chi connectivity index (χ4n) is 1.92. The zero-order valence-corrected chi connectivity index (χ0v) is 13.8. The molecular weight excluding hydrogens is 304 g/mol. The first-order valence-corrected chi connectivity index (χ1v) is 7.39. The maximum absolute atomic E-state index is 13.3. The molecule has 0 aliphatic heterocycles. The Kier molecular flexibility index (Phi) is 6.62. The Labute approximate surface area is 134 Å². The lowest BCUT2D eigenvalue weighted by Gasteiger charge is -2.26. The molecule has 0 aromatic heterocycles. The second-order valence-corrected chi connectivity index (χ2v) is 5.84. The smallest absolute Gasteiger partial charge is 0.242 e. The molecule has 0 saturated carbocycles. The van der Waals surface area contributed by atoms with Gasteiger partial charge in [-0.3, -0.25) is 9.59 Å². The molecule has 0 bridgehead atoms. The Morgan fingerprint density at radius 3 is 2.35 bits per heavy atom. The van der Waals surface area contributed by atoms with E-state index in [1.54, 1.807) is 6.92 Å². The predicted molar refractivity (Wildman–Crippen MR) is 83.4 cm³/mol. The SMILES string of the molecule is CC(C)[C@H](N)C(=O)NCC(=O)N(C)C(C)c1ccc(F)c(F)c1. The summed E-state index contributed by atoms with van der Waals surface area (Å²) in [6.07, 6.45) is 0. The molecule has 0 fully saturated rings. The summed E-state index contributed by atoms with van der Waals surface area (Å²) in [6, 6.07) is 2.34. The lowest BCUT2D eigenvalue weighted by atomic mass is 10.1. The number of nitrogens with one attached hydrogen (secondary N) is 1. The fraction of sp³-hybridized carbons (Fsp3) is 0.500. The maximum atomic E-state index is 13.3. The Morgan fingerprint density at radius 1 is 1.22 bits per heavy atom. The van der Waals surface area contributed by atoms with Crippen LogP contribution in [-0.2, 0) is 9.59 Å². The van der Waals surface area contributed by atoms with Gasteiger partial charge in [-0.15, -0.1) is 0 Å². The van der Waals surface area contributed by atoms with Crippen molar-refractivity contribution in [2.75, 3.05) is 13.6 Å². The summed E-state index contributed by atoms with van der Waals surface area (Å²) in [5.41, 5.74) is 6.15. The van der Waals surface area contributed by atoms with Crippen LogP contribution >= 0.6 is 0 Å². The van der Waals surface area contributed by atoms with Crippen LogP contribution in [0.25, 0.3) is 0 Å². The Morgan fingerprint density at radius 2 is 1.83 bits per heavy atom. The zero-order valence-electron chi connectivity index (χ0n) is 13.8. The first kappa shape index (κ1) is 19.0. The van der Waals surface area contributed by atoms with Crippen LogP contribution in [0, 0.1) is 17.6 Å². The first-order valence-electron chi connectivity index (χ1n) is 7.39. The van der Waals surface area contributed by atoms with Crippen molar-refractivity contribution in [2.24, 2.45) is 11.7 Å². The van der Waals surface area contributed by atoms with E-state index in [0.717, 1.165) is 12.1 Å². The lowest BCUT2D eigenvalue weighted by Crippen LogP contribution is -2.47. The van der Waals surface area contributed by atoms with Gasteiger partial charge in [-0.2, -0.15) is 0 Å². The van der Waals surface area contributed by atoms with E-state index in [1.165, 1.54) is 18.0 Å². The molecule has 0 aliphatic carbocycles. The van der Waals surface area contributed by atoms with E-state index in [0.29, 0.717) is 5.56 Å². The number of nitrogens with zero attached hydrogens (tertiary/aromatic N) is 1. The van der Waals surface area contributed by atoms with Crippen molar-refractivity contribution >= 4 is 11.8 Å². The Balaban J connectivity index is 2.65. The van der Waals surface area contributed by atoms with Crippen molar-refractivity contribution in [3.63, 3.8) is 0 Å². The molecule has 23 heavy (non-hydrogen) atoms. The summed E-state index contributed by atoms with van der Waals surface area (Å²) in [7, 11) is 1.53. The fourth-order valence-corrected chi connectivity index (χ4v) is 1.92. The molecule has 2 amide bonds. The predicted octanol–water partition coefficient (Wildman–Crippen LogP) is 1.58. The number of carbonyl (C=O) groups excluding carboxylic acids is 2. The molecule has 128 valence electrons. The highest BCUT2D eigenvalue weighted by Crippen LogP contribution is 2.20. The van der Waals surface area contributed by atoms with Gasteiger partial charge in [0, 0.05) is 7.05 Å². The second-order valence-electron chi connectivity index (χ2n) is 5.84. The maximum Gasteiger partial charge on any atom is 0.242 e. The third kappa shape index (κ3) is 4.99. The molecule has 0 saturated heterocycles. The molecule has 1 unspecified atom stereocenters. The Hall–Kier alpha value is -2.02. The number of amides is 2. The lowest BCUT2D eigenvalue weighted by molar-refractivity contribution is -0.133. The van der Waals surface area contributed by atoms with Gasteiger partial charge in [0.05, 0.1) is 18.6 Å². The molecule has 1 rings (SSSR count). The van der Waals surface area contributed by atoms with Crippen LogP contribution < -0.4 is 11.1 Å². The van der Waals surface area contributed by atoms with Gasteiger partial charge >= 0.3 is 0 Å². The average molecular weight is 327 g/mol. The monoisotopic (exact) mass is 327 g/mol. The van der Waals surface area contributed by atoms with Gasteiger partial charge in [0.1, 0.15) is 0 Å². The van der Waals surface area contributed by atoms with Crippen molar-refractivity contribution in [1.29, 1.82) is 0 Å². The molecule has 3 N–H and O–H groups in total. The second kappa shape index (κ2) is 8.01. The first-order chi connectivity index (χ1) is 10.6. The van der Waals surface area contributed by atoms with Gasteiger partial charge in [-0.25, -0.2) is 8.78 Å². The molecule has 5 nitrogen and oxygen atoms in total. The van der Waals surface area contributed by atoms with E-state index in [9.17, 15) is 18.4 Å². The van der Waals surface area contributed by atoms with Gasteiger partial charge in [0.2, 0.25) is 11.8 Å². The summed E-state index contributed by atoms with van der Waals surface area (Å²) in [5.74, 6) is -2.70. The number of halogens is 2. The molecule has 1 aromatic carbocycles. The number of benzene rings is 1. The van der Waals surface area contributed by atoms with Crippen molar-refractivity contribution < 1.29 is 18.4 Å². The van der Waals surface area contributed by atoms with E-state index < -0.39 is 29.6 Å². The average Bonchev–Trinajstić information content (AvgIpc) is 2.52. The van der Waals surface area contributed by atoms with E-state index in [-0.39, 0.29) is 18.4 Å². The van der Waals surface area contributed by atoms with Gasteiger partial charge in [-0.05, 0) is 30.5 Å². The highest BCUT2D eigenvalue weighted by Gasteiger charge is 2.21. The standard InChI is InChI=1S/C16H23F2N3O2/c1-9(2)15(19)16(23)20-8-14(22)21(4)10(3)11-5-6-12(17)13(18)7-11/h5-7,9-10,15H,8,19H2,1-4H3,(H,20,23)/t10?,15-/m0/s1. The number of nitrogens with two attached hydrogens (primary N) is 1. The topological polar surface area (TPSA) is 75.4 Å². The minimum Gasteiger partial charge on any atom is -0.346 e. The molecule has 1 aromatic rings. The summed E-state index contributed by atoms with van der Waals surface area (Å²) < 4.78 is 26.2. The molecule has 0 aliphatic rings. The van der Waals surface area contributed by atoms with Gasteiger partial charge < -0.3 is 16.0 Å².